The molecule has 0 saturated heterocycles. The molecule has 1 aromatic rings. The zero-order valence-corrected chi connectivity index (χ0v) is 12.4. The quantitative estimate of drug-likeness (QED) is 0.684. The number of carbonyl (C=O) groups excluding carboxylic acids is 1. The van der Waals surface area contributed by atoms with Crippen molar-refractivity contribution < 1.29 is 9.53 Å². The van der Waals surface area contributed by atoms with Gasteiger partial charge in [0.25, 0.3) is 11.9 Å². The number of nitrogens with one attached hydrogen (secondary N) is 1. The molecule has 0 unspecified atom stereocenters. The van der Waals surface area contributed by atoms with Gasteiger partial charge in [0.05, 0.1) is 23.7 Å². The van der Waals surface area contributed by atoms with E-state index >= 15 is 0 Å². The molecule has 1 atom stereocenters. The van der Waals surface area contributed by atoms with E-state index in [0.29, 0.717) is 16.5 Å². The summed E-state index contributed by atoms with van der Waals surface area (Å²) in [5, 5.41) is 3.01. The number of benzene rings is 1. The Bertz CT molecular complexity index is 472. The van der Waals surface area contributed by atoms with Crippen LogP contribution in [-0.2, 0) is 4.74 Å². The Kier molecular flexibility index (Phi) is 5.83. The maximum atomic E-state index is 12.0. The topological polar surface area (TPSA) is 50.7 Å². The van der Waals surface area contributed by atoms with Crippen LogP contribution in [0.5, 0.6) is 0 Å². The molecule has 5 heteroatoms. The van der Waals surface area contributed by atoms with Crippen LogP contribution in [0.25, 0.3) is 0 Å². The highest BCUT2D eigenvalue weighted by atomic mass is 35.5. The molecule has 0 aliphatic heterocycles. The Morgan fingerprint density at radius 1 is 1.32 bits per heavy atom. The molecule has 0 spiro atoms. The van der Waals surface area contributed by atoms with Crippen molar-refractivity contribution in [1.29, 1.82) is 0 Å². The molecule has 4 nitrogen and oxygen atoms in total. The molecule has 0 fully saturated rings. The first-order chi connectivity index (χ1) is 8.95. The van der Waals surface area contributed by atoms with Gasteiger partial charge in [-0.05, 0) is 25.0 Å². The summed E-state index contributed by atoms with van der Waals surface area (Å²) in [7, 11) is 1.47. The average Bonchev–Trinajstić information content (AvgIpc) is 2.37. The van der Waals surface area contributed by atoms with E-state index in [9.17, 15) is 4.79 Å². The molecule has 1 rings (SSSR count). The number of carbonyl (C=O) groups is 1. The van der Waals surface area contributed by atoms with Crippen molar-refractivity contribution in [2.75, 3.05) is 7.11 Å². The van der Waals surface area contributed by atoms with Crippen molar-refractivity contribution in [1.82, 2.24) is 5.32 Å². The molecule has 0 saturated carbocycles. The lowest BCUT2D eigenvalue weighted by Crippen LogP contribution is -2.33. The van der Waals surface area contributed by atoms with Crippen molar-refractivity contribution in [3.05, 3.63) is 34.9 Å². The van der Waals surface area contributed by atoms with Crippen LogP contribution in [-0.4, -0.2) is 25.1 Å². The minimum atomic E-state index is -0.331. The molecule has 0 bridgehead atoms. The lowest BCUT2D eigenvalue weighted by molar-refractivity contribution is 0.0968. The Morgan fingerprint density at radius 2 is 1.95 bits per heavy atom. The van der Waals surface area contributed by atoms with Gasteiger partial charge in [-0.2, -0.15) is 0 Å². The van der Waals surface area contributed by atoms with E-state index in [1.54, 1.807) is 24.3 Å². The third-order valence-electron chi connectivity index (χ3n) is 2.82. The van der Waals surface area contributed by atoms with Crippen molar-refractivity contribution in [2.24, 2.45) is 10.9 Å². The molecule has 0 heterocycles. The minimum Gasteiger partial charge on any atom is -0.468 e. The average molecular weight is 283 g/mol. The van der Waals surface area contributed by atoms with Crippen molar-refractivity contribution in [2.45, 2.75) is 26.8 Å². The number of rotatable bonds is 3. The number of ether oxygens (including phenoxy) is 1. The standard InChI is InChI=1S/C14H19ClN2O2/c1-9(2)10(3)16-14(19-4)17-13(18)11-7-5-6-8-12(11)15/h5-10H,1-4H3,(H,16,17,18)/t10-/m0/s1. The molecule has 1 N–H and O–H groups in total. The first-order valence-electron chi connectivity index (χ1n) is 6.13. The van der Waals surface area contributed by atoms with Crippen LogP contribution in [0.2, 0.25) is 5.02 Å². The first-order valence-corrected chi connectivity index (χ1v) is 6.51. The van der Waals surface area contributed by atoms with Crippen molar-refractivity contribution >= 4 is 23.5 Å². The number of hydrogen-bond donors (Lipinski definition) is 1. The Hall–Kier alpha value is -1.55. The number of hydrogen-bond acceptors (Lipinski definition) is 3. The molecule has 1 amide bonds. The van der Waals surface area contributed by atoms with E-state index in [0.717, 1.165) is 0 Å². The normalized spacial score (nSPS) is 13.3. The van der Waals surface area contributed by atoms with Crippen molar-refractivity contribution in [3.63, 3.8) is 0 Å². The summed E-state index contributed by atoms with van der Waals surface area (Å²) in [5.41, 5.74) is 0.395. The summed E-state index contributed by atoms with van der Waals surface area (Å²) in [6.45, 7) is 6.07. The molecular weight excluding hydrogens is 264 g/mol. The van der Waals surface area contributed by atoms with Crippen LogP contribution in [0.4, 0.5) is 0 Å². The van der Waals surface area contributed by atoms with E-state index in [1.165, 1.54) is 7.11 Å². The van der Waals surface area contributed by atoms with Gasteiger partial charge < -0.3 is 4.74 Å². The van der Waals surface area contributed by atoms with E-state index in [4.69, 9.17) is 16.3 Å². The smallest absolute Gasteiger partial charge is 0.291 e. The van der Waals surface area contributed by atoms with E-state index in [-0.39, 0.29) is 18.0 Å². The highest BCUT2D eigenvalue weighted by Gasteiger charge is 2.14. The second-order valence-corrected chi connectivity index (χ2v) is 4.96. The SMILES string of the molecule is COC(=N[C@@H](C)C(C)C)NC(=O)c1ccccc1Cl. The fourth-order valence-corrected chi connectivity index (χ4v) is 1.50. The van der Waals surface area contributed by atoms with Crippen LogP contribution in [0.15, 0.2) is 29.3 Å². The van der Waals surface area contributed by atoms with Gasteiger partial charge in [0.2, 0.25) is 0 Å². The summed E-state index contributed by atoms with van der Waals surface area (Å²) < 4.78 is 5.08. The van der Waals surface area contributed by atoms with Crippen LogP contribution in [0, 0.1) is 5.92 Å². The zero-order valence-electron chi connectivity index (χ0n) is 11.6. The third kappa shape index (κ3) is 4.56. The van der Waals surface area contributed by atoms with Crippen LogP contribution < -0.4 is 5.32 Å². The highest BCUT2D eigenvalue weighted by Crippen LogP contribution is 2.14. The number of amidine groups is 1. The van der Waals surface area contributed by atoms with Crippen LogP contribution >= 0.6 is 11.6 Å². The van der Waals surface area contributed by atoms with Gasteiger partial charge >= 0.3 is 0 Å². The van der Waals surface area contributed by atoms with Gasteiger partial charge in [0.1, 0.15) is 0 Å². The molecule has 0 aliphatic carbocycles. The van der Waals surface area contributed by atoms with Gasteiger partial charge in [-0.25, -0.2) is 4.99 Å². The zero-order chi connectivity index (χ0) is 14.4. The summed E-state index contributed by atoms with van der Waals surface area (Å²) in [5.74, 6) is 0.0320. The van der Waals surface area contributed by atoms with Gasteiger partial charge in [0.15, 0.2) is 0 Å². The maximum absolute atomic E-state index is 12.0. The maximum Gasteiger partial charge on any atom is 0.291 e. The van der Waals surface area contributed by atoms with Gasteiger partial charge in [-0.15, -0.1) is 0 Å². The summed E-state index contributed by atoms with van der Waals surface area (Å²) in [6.07, 6.45) is 0. The fourth-order valence-electron chi connectivity index (χ4n) is 1.28. The summed E-state index contributed by atoms with van der Waals surface area (Å²) >= 11 is 5.96. The lowest BCUT2D eigenvalue weighted by atomic mass is 10.1. The van der Waals surface area contributed by atoms with Gasteiger partial charge in [-0.1, -0.05) is 37.6 Å². The Balaban J connectivity index is 2.82. The monoisotopic (exact) mass is 282 g/mol. The number of amides is 1. The molecule has 0 aliphatic rings. The van der Waals surface area contributed by atoms with E-state index < -0.39 is 0 Å². The Morgan fingerprint density at radius 3 is 2.47 bits per heavy atom. The molecular formula is C14H19ClN2O2. The molecule has 0 radical (unpaired) electrons. The number of aliphatic imine (C=N–C) groups is 1. The van der Waals surface area contributed by atoms with Gasteiger partial charge in [-0.3, -0.25) is 10.1 Å². The first kappa shape index (κ1) is 15.5. The van der Waals surface area contributed by atoms with Crippen molar-refractivity contribution in [3.8, 4) is 0 Å². The predicted octanol–water partition coefficient (Wildman–Crippen LogP) is 3.12. The number of nitrogens with zero attached hydrogens (tertiary/aromatic N) is 1. The fraction of sp³-hybridized carbons (Fsp3) is 0.429. The summed E-state index contributed by atoms with van der Waals surface area (Å²) in [6, 6.07) is 7.09. The second kappa shape index (κ2) is 7.14. The molecule has 0 aromatic heterocycles. The van der Waals surface area contributed by atoms with Crippen LogP contribution in [0.1, 0.15) is 31.1 Å². The molecule has 104 valence electrons. The number of methoxy groups -OCH3 is 1. The van der Waals surface area contributed by atoms with E-state index in [1.807, 2.05) is 6.92 Å². The second-order valence-electron chi connectivity index (χ2n) is 4.56. The van der Waals surface area contributed by atoms with E-state index in [2.05, 4.69) is 24.2 Å². The molecule has 1 aromatic carbocycles. The minimum absolute atomic E-state index is 0.0569. The molecule has 19 heavy (non-hydrogen) atoms. The van der Waals surface area contributed by atoms with Gasteiger partial charge in [0, 0.05) is 0 Å². The Labute approximate surface area is 118 Å². The highest BCUT2D eigenvalue weighted by molar-refractivity contribution is 6.34. The van der Waals surface area contributed by atoms with Crippen LogP contribution in [0.3, 0.4) is 0 Å². The summed E-state index contributed by atoms with van der Waals surface area (Å²) in [4.78, 5) is 16.3. The lowest BCUT2D eigenvalue weighted by Gasteiger charge is -2.13. The largest absolute Gasteiger partial charge is 0.468 e. The number of halogens is 1. The predicted molar refractivity (Wildman–Crippen MR) is 77.7 cm³/mol. The third-order valence-corrected chi connectivity index (χ3v) is 3.15.